The predicted molar refractivity (Wildman–Crippen MR) is 73.0 cm³/mol. The van der Waals surface area contributed by atoms with Gasteiger partial charge in [-0.1, -0.05) is 0 Å². The van der Waals surface area contributed by atoms with Crippen LogP contribution in [0.25, 0.3) is 5.65 Å². The van der Waals surface area contributed by atoms with Crippen LogP contribution in [0.3, 0.4) is 0 Å². The smallest absolute Gasteiger partial charge is 0.243 e. The summed E-state index contributed by atoms with van der Waals surface area (Å²) in [6.45, 7) is 4.72. The van der Waals surface area contributed by atoms with Crippen molar-refractivity contribution in [2.45, 2.75) is 20.4 Å². The molecule has 0 amide bonds. The standard InChI is InChI=1S/C13H16N6/c1-9-4-5-19-12(6-9)15-13(17-19)14-7-11-8-18(3)16-10(11)2/h4-6,8H,7H2,1-3H3,(H,14,17). The molecular formula is C13H16N6. The minimum atomic E-state index is 0.633. The molecule has 6 nitrogen and oxygen atoms in total. The van der Waals surface area contributed by atoms with E-state index in [1.807, 2.05) is 50.1 Å². The van der Waals surface area contributed by atoms with Gasteiger partial charge >= 0.3 is 0 Å². The Morgan fingerprint density at radius 1 is 1.26 bits per heavy atom. The van der Waals surface area contributed by atoms with Gasteiger partial charge in [0.15, 0.2) is 5.65 Å². The van der Waals surface area contributed by atoms with Gasteiger partial charge in [0.1, 0.15) is 0 Å². The van der Waals surface area contributed by atoms with Crippen LogP contribution in [0.1, 0.15) is 16.8 Å². The normalized spacial score (nSPS) is 11.1. The zero-order valence-electron chi connectivity index (χ0n) is 11.3. The Kier molecular flexibility index (Phi) is 2.70. The largest absolute Gasteiger partial charge is 0.349 e. The van der Waals surface area contributed by atoms with E-state index in [4.69, 9.17) is 0 Å². The summed E-state index contributed by atoms with van der Waals surface area (Å²) in [6, 6.07) is 4.02. The molecule has 19 heavy (non-hydrogen) atoms. The van der Waals surface area contributed by atoms with Gasteiger partial charge < -0.3 is 5.32 Å². The van der Waals surface area contributed by atoms with Gasteiger partial charge in [-0.05, 0) is 31.5 Å². The van der Waals surface area contributed by atoms with Gasteiger partial charge in [-0.3, -0.25) is 4.68 Å². The summed E-state index contributed by atoms with van der Waals surface area (Å²) in [4.78, 5) is 4.44. The lowest BCUT2D eigenvalue weighted by Gasteiger charge is -1.98. The number of anilines is 1. The Morgan fingerprint density at radius 2 is 2.11 bits per heavy atom. The molecule has 0 aromatic carbocycles. The molecule has 0 aliphatic heterocycles. The number of aryl methyl sites for hydroxylation is 3. The van der Waals surface area contributed by atoms with Gasteiger partial charge in [-0.2, -0.15) is 10.1 Å². The lowest BCUT2D eigenvalue weighted by Crippen LogP contribution is -2.01. The number of nitrogens with zero attached hydrogens (tertiary/aromatic N) is 5. The number of nitrogens with one attached hydrogen (secondary N) is 1. The molecule has 6 heteroatoms. The van der Waals surface area contributed by atoms with Crippen LogP contribution in [-0.2, 0) is 13.6 Å². The quantitative estimate of drug-likeness (QED) is 0.774. The van der Waals surface area contributed by atoms with Gasteiger partial charge in [-0.15, -0.1) is 5.10 Å². The fourth-order valence-electron chi connectivity index (χ4n) is 2.05. The van der Waals surface area contributed by atoms with E-state index in [9.17, 15) is 0 Å². The molecular weight excluding hydrogens is 240 g/mol. The van der Waals surface area contributed by atoms with E-state index in [-0.39, 0.29) is 0 Å². The first-order chi connectivity index (χ1) is 9.11. The Balaban J connectivity index is 1.80. The molecule has 0 fully saturated rings. The lowest BCUT2D eigenvalue weighted by atomic mass is 10.3. The van der Waals surface area contributed by atoms with Gasteiger partial charge in [0.2, 0.25) is 5.95 Å². The SMILES string of the molecule is Cc1ccn2nc(NCc3cn(C)nc3C)nc2c1. The molecule has 3 heterocycles. The molecule has 98 valence electrons. The minimum absolute atomic E-state index is 0.633. The van der Waals surface area contributed by atoms with Gasteiger partial charge in [0.05, 0.1) is 5.69 Å². The van der Waals surface area contributed by atoms with Crippen LogP contribution in [0.15, 0.2) is 24.5 Å². The molecule has 3 rings (SSSR count). The summed E-state index contributed by atoms with van der Waals surface area (Å²) < 4.78 is 3.58. The van der Waals surface area contributed by atoms with Crippen LogP contribution in [0.5, 0.6) is 0 Å². The fourth-order valence-corrected chi connectivity index (χ4v) is 2.05. The molecule has 0 saturated carbocycles. The van der Waals surface area contributed by atoms with E-state index in [0.29, 0.717) is 12.5 Å². The molecule has 0 unspecified atom stereocenters. The summed E-state index contributed by atoms with van der Waals surface area (Å²) in [5.41, 5.74) is 4.20. The average Bonchev–Trinajstić information content (AvgIpc) is 2.89. The number of hydrogen-bond donors (Lipinski definition) is 1. The average molecular weight is 256 g/mol. The maximum absolute atomic E-state index is 4.44. The second kappa shape index (κ2) is 4.38. The van der Waals surface area contributed by atoms with Gasteiger partial charge in [0, 0.05) is 31.5 Å². The first-order valence-corrected chi connectivity index (χ1v) is 6.18. The van der Waals surface area contributed by atoms with Crippen LogP contribution in [0, 0.1) is 13.8 Å². The first kappa shape index (κ1) is 11.7. The molecule has 0 bridgehead atoms. The number of pyridine rings is 1. The van der Waals surface area contributed by atoms with Crippen molar-refractivity contribution < 1.29 is 0 Å². The van der Waals surface area contributed by atoms with E-state index in [2.05, 4.69) is 20.5 Å². The van der Waals surface area contributed by atoms with Crippen molar-refractivity contribution in [3.05, 3.63) is 41.3 Å². The Labute approximate surface area is 111 Å². The highest BCUT2D eigenvalue weighted by Gasteiger charge is 2.06. The van der Waals surface area contributed by atoms with Gasteiger partial charge in [-0.25, -0.2) is 4.52 Å². The summed E-state index contributed by atoms with van der Waals surface area (Å²) >= 11 is 0. The second-order valence-electron chi connectivity index (χ2n) is 4.71. The molecule has 3 aromatic rings. The highest BCUT2D eigenvalue weighted by molar-refractivity contribution is 5.45. The van der Waals surface area contributed by atoms with Crippen molar-refractivity contribution in [2.75, 3.05) is 5.32 Å². The zero-order chi connectivity index (χ0) is 13.4. The van der Waals surface area contributed by atoms with E-state index < -0.39 is 0 Å². The molecule has 0 aliphatic carbocycles. The molecule has 1 N–H and O–H groups in total. The van der Waals surface area contributed by atoms with Gasteiger partial charge in [0.25, 0.3) is 0 Å². The van der Waals surface area contributed by atoms with Crippen LogP contribution < -0.4 is 5.32 Å². The topological polar surface area (TPSA) is 60.0 Å². The summed E-state index contributed by atoms with van der Waals surface area (Å²) in [5.74, 6) is 0.633. The van der Waals surface area contributed by atoms with Crippen molar-refractivity contribution in [1.82, 2.24) is 24.4 Å². The number of hydrogen-bond acceptors (Lipinski definition) is 4. The third-order valence-corrected chi connectivity index (χ3v) is 3.05. The molecule has 0 saturated heterocycles. The van der Waals surface area contributed by atoms with E-state index in [1.54, 1.807) is 4.52 Å². The van der Waals surface area contributed by atoms with Crippen molar-refractivity contribution >= 4 is 11.6 Å². The molecule has 0 aliphatic rings. The van der Waals surface area contributed by atoms with Crippen molar-refractivity contribution in [1.29, 1.82) is 0 Å². The zero-order valence-corrected chi connectivity index (χ0v) is 11.3. The minimum Gasteiger partial charge on any atom is -0.349 e. The molecule has 0 atom stereocenters. The highest BCUT2D eigenvalue weighted by atomic mass is 15.3. The molecule has 0 radical (unpaired) electrons. The predicted octanol–water partition coefficient (Wildman–Crippen LogP) is 1.69. The number of aromatic nitrogens is 5. The summed E-state index contributed by atoms with van der Waals surface area (Å²) in [6.07, 6.45) is 3.92. The van der Waals surface area contributed by atoms with E-state index in [0.717, 1.165) is 16.9 Å². The monoisotopic (exact) mass is 256 g/mol. The maximum atomic E-state index is 4.44. The Bertz CT molecular complexity index is 724. The Hall–Kier alpha value is -2.37. The van der Waals surface area contributed by atoms with E-state index >= 15 is 0 Å². The number of fused-ring (bicyclic) bond motifs is 1. The molecule has 3 aromatic heterocycles. The highest BCUT2D eigenvalue weighted by Crippen LogP contribution is 2.10. The maximum Gasteiger partial charge on any atom is 0.243 e. The van der Waals surface area contributed by atoms with Crippen LogP contribution in [0.2, 0.25) is 0 Å². The Morgan fingerprint density at radius 3 is 2.84 bits per heavy atom. The van der Waals surface area contributed by atoms with E-state index in [1.165, 1.54) is 5.56 Å². The van der Waals surface area contributed by atoms with Crippen molar-refractivity contribution in [2.24, 2.45) is 7.05 Å². The van der Waals surface area contributed by atoms with Crippen LogP contribution in [-0.4, -0.2) is 24.4 Å². The lowest BCUT2D eigenvalue weighted by molar-refractivity contribution is 0.756. The van der Waals surface area contributed by atoms with Crippen molar-refractivity contribution in [3.8, 4) is 0 Å². The summed E-state index contributed by atoms with van der Waals surface area (Å²) in [7, 11) is 1.92. The van der Waals surface area contributed by atoms with Crippen LogP contribution >= 0.6 is 0 Å². The first-order valence-electron chi connectivity index (χ1n) is 6.18. The third-order valence-electron chi connectivity index (χ3n) is 3.05. The molecule has 0 spiro atoms. The summed E-state index contributed by atoms with van der Waals surface area (Å²) in [5, 5.41) is 11.9. The number of rotatable bonds is 3. The third kappa shape index (κ3) is 2.29. The fraction of sp³-hybridized carbons (Fsp3) is 0.308. The van der Waals surface area contributed by atoms with Crippen LogP contribution in [0.4, 0.5) is 5.95 Å². The van der Waals surface area contributed by atoms with Crippen molar-refractivity contribution in [3.63, 3.8) is 0 Å². The second-order valence-corrected chi connectivity index (χ2v) is 4.71.